The maximum atomic E-state index is 11.9. The number of aliphatic imine (C=N–C) groups is 1. The highest BCUT2D eigenvalue weighted by atomic mass is 35.5. The van der Waals surface area contributed by atoms with Crippen molar-refractivity contribution in [1.82, 2.24) is 5.32 Å². The Morgan fingerprint density at radius 2 is 2.00 bits per heavy atom. The smallest absolute Gasteiger partial charge is 0.129 e. The number of nitrogens with two attached hydrogens (primary N) is 1. The number of fused-ring (bicyclic) bond motifs is 2. The Hall–Kier alpha value is -0.360. The van der Waals surface area contributed by atoms with Crippen LogP contribution in [0.1, 0.15) is 51.4 Å². The van der Waals surface area contributed by atoms with Crippen LogP contribution in [-0.4, -0.2) is 47.3 Å². The van der Waals surface area contributed by atoms with Gasteiger partial charge in [-0.15, -0.1) is 11.6 Å². The second kappa shape index (κ2) is 6.42. The lowest BCUT2D eigenvalue weighted by Crippen LogP contribution is -2.64. The third-order valence-electron chi connectivity index (χ3n) is 7.08. The Kier molecular flexibility index (Phi) is 4.57. The highest BCUT2D eigenvalue weighted by Gasteiger charge is 2.59. The molecule has 0 spiro atoms. The molecule has 2 heterocycles. The van der Waals surface area contributed by atoms with E-state index in [0.717, 1.165) is 38.5 Å². The van der Waals surface area contributed by atoms with Gasteiger partial charge in [-0.1, -0.05) is 12.8 Å². The van der Waals surface area contributed by atoms with Gasteiger partial charge in [-0.05, 0) is 44.4 Å². The molecule has 0 bridgehead atoms. The quantitative estimate of drug-likeness (QED) is 0.662. The zero-order chi connectivity index (χ0) is 16.9. The fraction of sp³-hybridized carbons (Fsp3) is 0.944. The molecule has 0 aromatic rings. The van der Waals surface area contributed by atoms with Crippen LogP contribution in [0.4, 0.5) is 0 Å². The van der Waals surface area contributed by atoms with Gasteiger partial charge in [0.15, 0.2) is 0 Å². The van der Waals surface area contributed by atoms with Gasteiger partial charge >= 0.3 is 0 Å². The van der Waals surface area contributed by atoms with E-state index in [1.807, 2.05) is 0 Å². The summed E-state index contributed by atoms with van der Waals surface area (Å²) >= 11 is 6.45. The van der Waals surface area contributed by atoms with Gasteiger partial charge in [0.2, 0.25) is 0 Å². The van der Waals surface area contributed by atoms with Crippen molar-refractivity contribution < 1.29 is 9.84 Å². The zero-order valence-corrected chi connectivity index (χ0v) is 15.2. The second-order valence-corrected chi connectivity index (χ2v) is 8.83. The van der Waals surface area contributed by atoms with Crippen molar-refractivity contribution in [2.75, 3.05) is 7.11 Å². The molecular formula is C18H30ClN3O2. The van der Waals surface area contributed by atoms with Crippen LogP contribution in [-0.2, 0) is 4.74 Å². The molecule has 3 fully saturated rings. The molecule has 8 atom stereocenters. The number of rotatable bonds is 2. The number of hydrogen-bond acceptors (Lipinski definition) is 5. The monoisotopic (exact) mass is 355 g/mol. The summed E-state index contributed by atoms with van der Waals surface area (Å²) in [6, 6.07) is 0.552. The summed E-state index contributed by atoms with van der Waals surface area (Å²) in [6.45, 7) is 0. The molecular weight excluding hydrogens is 326 g/mol. The predicted molar refractivity (Wildman–Crippen MR) is 95.1 cm³/mol. The Morgan fingerprint density at radius 1 is 1.21 bits per heavy atom. The van der Waals surface area contributed by atoms with Gasteiger partial charge in [0.25, 0.3) is 0 Å². The fourth-order valence-electron chi connectivity index (χ4n) is 5.90. The molecule has 2 aliphatic heterocycles. The minimum Gasteiger partial charge on any atom is -0.385 e. The van der Waals surface area contributed by atoms with Crippen molar-refractivity contribution in [2.45, 2.75) is 80.7 Å². The Balaban J connectivity index is 1.67. The number of amidine groups is 1. The largest absolute Gasteiger partial charge is 0.385 e. The first kappa shape index (κ1) is 17.1. The molecule has 4 N–H and O–H groups in total. The maximum Gasteiger partial charge on any atom is 0.129 e. The van der Waals surface area contributed by atoms with Crippen LogP contribution in [0.3, 0.4) is 0 Å². The third-order valence-corrected chi connectivity index (χ3v) is 7.48. The lowest BCUT2D eigenvalue weighted by molar-refractivity contribution is -0.105. The highest BCUT2D eigenvalue weighted by molar-refractivity contribution is 6.20. The summed E-state index contributed by atoms with van der Waals surface area (Å²) in [7, 11) is 1.74. The van der Waals surface area contributed by atoms with Crippen molar-refractivity contribution in [2.24, 2.45) is 28.5 Å². The molecule has 4 aliphatic rings. The molecule has 1 saturated heterocycles. The molecule has 8 unspecified atom stereocenters. The first-order valence-electron chi connectivity index (χ1n) is 9.53. The first-order valence-corrected chi connectivity index (χ1v) is 9.96. The van der Waals surface area contributed by atoms with Crippen molar-refractivity contribution in [3.05, 3.63) is 0 Å². The van der Waals surface area contributed by atoms with Crippen molar-refractivity contribution in [3.63, 3.8) is 0 Å². The Bertz CT molecular complexity index is 516. The number of ether oxygens (including phenoxy) is 1. The third kappa shape index (κ3) is 2.59. The van der Waals surface area contributed by atoms with Crippen molar-refractivity contribution >= 4 is 17.4 Å². The Labute approximate surface area is 149 Å². The molecule has 4 rings (SSSR count). The lowest BCUT2D eigenvalue weighted by atomic mass is 9.60. The number of nitrogens with one attached hydrogen (secondary N) is 1. The van der Waals surface area contributed by atoms with E-state index in [1.165, 1.54) is 12.8 Å². The van der Waals surface area contributed by atoms with Crippen LogP contribution in [0.2, 0.25) is 0 Å². The minimum atomic E-state index is -1.02. The first-order chi connectivity index (χ1) is 11.5. The van der Waals surface area contributed by atoms with Crippen LogP contribution < -0.4 is 11.1 Å². The van der Waals surface area contributed by atoms with Gasteiger partial charge in [0.05, 0.1) is 6.04 Å². The number of piperidine rings is 1. The van der Waals surface area contributed by atoms with Crippen LogP contribution in [0.25, 0.3) is 0 Å². The van der Waals surface area contributed by atoms with Gasteiger partial charge in [-0.2, -0.15) is 0 Å². The van der Waals surface area contributed by atoms with Gasteiger partial charge in [-0.25, -0.2) is 0 Å². The minimum absolute atomic E-state index is 0.0133. The van der Waals surface area contributed by atoms with E-state index in [1.54, 1.807) is 7.11 Å². The van der Waals surface area contributed by atoms with Gasteiger partial charge in [0, 0.05) is 30.4 Å². The number of halogens is 1. The summed E-state index contributed by atoms with van der Waals surface area (Å²) in [5.74, 6) is 1.07. The van der Waals surface area contributed by atoms with Gasteiger partial charge < -0.3 is 15.6 Å². The van der Waals surface area contributed by atoms with E-state index in [9.17, 15) is 5.11 Å². The van der Waals surface area contributed by atoms with E-state index >= 15 is 0 Å². The number of aliphatic hydroxyl groups is 1. The number of hydrogen-bond donors (Lipinski definition) is 3. The highest BCUT2D eigenvalue weighted by Crippen LogP contribution is 2.51. The second-order valence-electron chi connectivity index (χ2n) is 8.21. The number of methoxy groups -OCH3 is 1. The van der Waals surface area contributed by atoms with Crippen molar-refractivity contribution in [3.8, 4) is 0 Å². The van der Waals surface area contributed by atoms with E-state index in [0.29, 0.717) is 17.8 Å². The molecule has 24 heavy (non-hydrogen) atoms. The van der Waals surface area contributed by atoms with Gasteiger partial charge in [-0.3, -0.25) is 10.3 Å². The Morgan fingerprint density at radius 3 is 2.79 bits per heavy atom. The molecule has 0 aromatic heterocycles. The summed E-state index contributed by atoms with van der Waals surface area (Å²) < 4.78 is 5.64. The van der Waals surface area contributed by atoms with E-state index in [-0.39, 0.29) is 29.5 Å². The molecule has 2 saturated carbocycles. The fourth-order valence-corrected chi connectivity index (χ4v) is 6.22. The van der Waals surface area contributed by atoms with E-state index < -0.39 is 5.60 Å². The maximum absolute atomic E-state index is 11.9. The SMILES string of the molecule is COC1CC(C2(O)C(N)=NC3CCC(Cl)CC32)C2CCCCC2N1. The van der Waals surface area contributed by atoms with Gasteiger partial charge in [0.1, 0.15) is 17.7 Å². The average Bonchev–Trinajstić information content (AvgIpc) is 2.85. The summed E-state index contributed by atoms with van der Waals surface area (Å²) in [6.07, 6.45) is 8.28. The molecule has 0 aromatic carbocycles. The van der Waals surface area contributed by atoms with E-state index in [4.69, 9.17) is 22.1 Å². The van der Waals surface area contributed by atoms with Crippen LogP contribution >= 0.6 is 11.6 Å². The standard InChI is InChI=1S/C18H30ClN3O2/c1-24-16-9-12(11-4-2-3-5-14(11)21-16)18(23)13-8-10(19)6-7-15(13)22-17(18)20/h10-16,21,23H,2-9H2,1H3,(H2,20,22). The molecule has 136 valence electrons. The molecule has 6 heteroatoms. The molecule has 5 nitrogen and oxygen atoms in total. The normalized spacial score (nSPS) is 51.6. The topological polar surface area (TPSA) is 79.9 Å². The predicted octanol–water partition coefficient (Wildman–Crippen LogP) is 2.01. The van der Waals surface area contributed by atoms with E-state index in [2.05, 4.69) is 10.3 Å². The average molecular weight is 356 g/mol. The summed E-state index contributed by atoms with van der Waals surface area (Å²) in [4.78, 5) is 4.69. The molecule has 0 radical (unpaired) electrons. The van der Waals surface area contributed by atoms with Crippen molar-refractivity contribution in [1.29, 1.82) is 0 Å². The number of alkyl halides is 1. The lowest BCUT2D eigenvalue weighted by Gasteiger charge is -2.52. The van der Waals surface area contributed by atoms with Crippen LogP contribution in [0, 0.1) is 17.8 Å². The van der Waals surface area contributed by atoms with Crippen LogP contribution in [0.5, 0.6) is 0 Å². The summed E-state index contributed by atoms with van der Waals surface area (Å²) in [5.41, 5.74) is 5.34. The molecule has 0 amide bonds. The molecule has 2 aliphatic carbocycles. The number of nitrogens with zero attached hydrogens (tertiary/aromatic N) is 1. The zero-order valence-electron chi connectivity index (χ0n) is 14.5. The summed E-state index contributed by atoms with van der Waals surface area (Å²) in [5, 5.41) is 15.6. The van der Waals surface area contributed by atoms with Crippen LogP contribution in [0.15, 0.2) is 4.99 Å².